The van der Waals surface area contributed by atoms with Crippen molar-refractivity contribution in [1.82, 2.24) is 20.0 Å². The molecule has 1 aromatic rings. The van der Waals surface area contributed by atoms with Gasteiger partial charge in [0.1, 0.15) is 0 Å². The average Bonchev–Trinajstić information content (AvgIpc) is 2.96. The smallest absolute Gasteiger partial charge is 0.332 e. The van der Waals surface area contributed by atoms with Gasteiger partial charge in [-0.25, -0.2) is 4.79 Å². The minimum absolute atomic E-state index is 0.109. The lowest BCUT2D eigenvalue weighted by atomic mass is 9.97. The Morgan fingerprint density at radius 3 is 3.17 bits per heavy atom. The van der Waals surface area contributed by atoms with Gasteiger partial charge < -0.3 is 10.2 Å². The number of rotatable bonds is 2. The summed E-state index contributed by atoms with van der Waals surface area (Å²) in [7, 11) is 0. The first-order valence-electron chi connectivity index (χ1n) is 6.36. The van der Waals surface area contributed by atoms with E-state index in [1.165, 1.54) is 24.2 Å². The molecule has 1 unspecified atom stereocenters. The number of carbonyl (C=O) groups is 1. The first kappa shape index (κ1) is 12.0. The molecule has 3 atom stereocenters. The van der Waals surface area contributed by atoms with Crippen LogP contribution in [-0.2, 0) is 0 Å². The van der Waals surface area contributed by atoms with Gasteiger partial charge in [-0.2, -0.15) is 9.78 Å². The van der Waals surface area contributed by atoms with E-state index in [0.29, 0.717) is 0 Å². The second-order valence-electron chi connectivity index (χ2n) is 5.12. The van der Waals surface area contributed by atoms with Gasteiger partial charge in [0.25, 0.3) is 0 Å². The molecule has 1 N–H and O–H groups in total. The molecule has 98 valence electrons. The van der Waals surface area contributed by atoms with Crippen LogP contribution in [0.5, 0.6) is 0 Å². The Labute approximate surface area is 111 Å². The molecule has 2 saturated heterocycles. The van der Waals surface area contributed by atoms with E-state index in [2.05, 4.69) is 15.3 Å². The van der Waals surface area contributed by atoms with Crippen molar-refractivity contribution in [3.8, 4) is 0 Å². The summed E-state index contributed by atoms with van der Waals surface area (Å²) in [5.41, 5.74) is 0. The minimum atomic E-state index is -0.109. The number of thioether (sulfide) groups is 1. The van der Waals surface area contributed by atoms with E-state index >= 15 is 0 Å². The van der Waals surface area contributed by atoms with Crippen molar-refractivity contribution in [3.63, 3.8) is 0 Å². The number of carbonyl (C=O) groups excluding carboxylic acids is 1. The highest BCUT2D eigenvalue weighted by atomic mass is 32.2. The molecule has 0 radical (unpaired) electrons. The predicted molar refractivity (Wildman–Crippen MR) is 70.9 cm³/mol. The second-order valence-corrected chi connectivity index (χ2v) is 6.00. The number of fused-ring (bicyclic) bond motifs is 2. The normalized spacial score (nSPS) is 30.4. The van der Waals surface area contributed by atoms with Crippen LogP contribution in [0.25, 0.3) is 0 Å². The van der Waals surface area contributed by atoms with Crippen molar-refractivity contribution < 1.29 is 4.79 Å². The molecule has 2 fully saturated rings. The minimum Gasteiger partial charge on any atom is -0.332 e. The maximum atomic E-state index is 12.0. The molecule has 0 aliphatic carbocycles. The van der Waals surface area contributed by atoms with Crippen LogP contribution < -0.4 is 5.32 Å². The van der Waals surface area contributed by atoms with Gasteiger partial charge in [0.15, 0.2) is 0 Å². The van der Waals surface area contributed by atoms with Crippen LogP contribution in [0, 0.1) is 5.92 Å². The molecule has 1 amide bonds. The highest BCUT2D eigenvalue weighted by Crippen LogP contribution is 2.26. The lowest BCUT2D eigenvalue weighted by molar-refractivity contribution is 0.204. The van der Waals surface area contributed by atoms with Crippen LogP contribution >= 0.6 is 11.8 Å². The second kappa shape index (κ2) is 4.93. The Hall–Kier alpha value is -1.01. The van der Waals surface area contributed by atoms with Crippen LogP contribution in [0.2, 0.25) is 0 Å². The number of nitrogens with one attached hydrogen (secondary N) is 1. The van der Waals surface area contributed by atoms with E-state index in [9.17, 15) is 4.79 Å². The van der Waals surface area contributed by atoms with Crippen LogP contribution in [-0.4, -0.2) is 52.6 Å². The molecule has 3 heterocycles. The van der Waals surface area contributed by atoms with Gasteiger partial charge in [0, 0.05) is 30.2 Å². The number of nitrogens with zero attached hydrogens (tertiary/aromatic N) is 3. The number of amides is 1. The topological polar surface area (TPSA) is 50.2 Å². The summed E-state index contributed by atoms with van der Waals surface area (Å²) in [6.07, 6.45) is 7.87. The monoisotopic (exact) mass is 266 g/mol. The maximum Gasteiger partial charge on any atom is 0.342 e. The van der Waals surface area contributed by atoms with E-state index < -0.39 is 0 Å². The number of aromatic nitrogens is 2. The molecule has 3 rings (SSSR count). The zero-order valence-electron chi connectivity index (χ0n) is 10.5. The lowest BCUT2D eigenvalue weighted by Gasteiger charge is -2.30. The van der Waals surface area contributed by atoms with Crippen molar-refractivity contribution in [1.29, 1.82) is 0 Å². The molecule has 0 spiro atoms. The van der Waals surface area contributed by atoms with Gasteiger partial charge in [-0.1, -0.05) is 0 Å². The van der Waals surface area contributed by atoms with Crippen molar-refractivity contribution in [3.05, 3.63) is 12.4 Å². The largest absolute Gasteiger partial charge is 0.342 e. The lowest BCUT2D eigenvalue weighted by Crippen LogP contribution is -2.48. The van der Waals surface area contributed by atoms with E-state index in [0.717, 1.165) is 23.8 Å². The van der Waals surface area contributed by atoms with Gasteiger partial charge in [-0.05, 0) is 31.6 Å². The maximum absolute atomic E-state index is 12.0. The standard InChI is InChI=1S/C12H18N4OS/c1-18-11-5-13-16(8-11)12(17)14-10-4-9-2-3-15(6-9)7-10/h5,8-10H,2-4,6-7H2,1H3,(H,14,17)/t9-,10-/m1/s1. The van der Waals surface area contributed by atoms with E-state index in [4.69, 9.17) is 0 Å². The molecular weight excluding hydrogens is 248 g/mol. The number of hydrogen-bond donors (Lipinski definition) is 1. The SMILES string of the molecule is CSc1cnn(C(=O)N[C@@H]2C[C@H]3CCN(C3)C2)c1. The molecule has 1 aromatic heterocycles. The van der Waals surface area contributed by atoms with E-state index in [1.54, 1.807) is 24.2 Å². The number of hydrogen-bond acceptors (Lipinski definition) is 4. The Morgan fingerprint density at radius 1 is 1.56 bits per heavy atom. The predicted octanol–water partition coefficient (Wildman–Crippen LogP) is 1.26. The summed E-state index contributed by atoms with van der Waals surface area (Å²) >= 11 is 1.59. The fourth-order valence-electron chi connectivity index (χ4n) is 2.93. The molecule has 18 heavy (non-hydrogen) atoms. The highest BCUT2D eigenvalue weighted by Gasteiger charge is 2.33. The van der Waals surface area contributed by atoms with Crippen molar-refractivity contribution in [2.45, 2.75) is 23.8 Å². The van der Waals surface area contributed by atoms with Crippen molar-refractivity contribution >= 4 is 17.8 Å². The van der Waals surface area contributed by atoms with Gasteiger partial charge in [-0.15, -0.1) is 11.8 Å². The first-order valence-corrected chi connectivity index (χ1v) is 7.59. The first-order chi connectivity index (χ1) is 8.74. The van der Waals surface area contributed by atoms with E-state index in [1.807, 2.05) is 6.26 Å². The van der Waals surface area contributed by atoms with Crippen molar-refractivity contribution in [2.24, 2.45) is 5.92 Å². The summed E-state index contributed by atoms with van der Waals surface area (Å²) in [4.78, 5) is 15.5. The molecular formula is C12H18N4OS. The summed E-state index contributed by atoms with van der Waals surface area (Å²) < 4.78 is 1.40. The van der Waals surface area contributed by atoms with Gasteiger partial charge in [0.2, 0.25) is 0 Å². The third-order valence-electron chi connectivity index (χ3n) is 3.80. The molecule has 2 aliphatic heterocycles. The fourth-order valence-corrected chi connectivity index (χ4v) is 3.29. The average molecular weight is 266 g/mol. The third kappa shape index (κ3) is 2.40. The summed E-state index contributed by atoms with van der Waals surface area (Å²) in [5, 5.41) is 7.16. The highest BCUT2D eigenvalue weighted by molar-refractivity contribution is 7.98. The Bertz CT molecular complexity index is 435. The van der Waals surface area contributed by atoms with Crippen LogP contribution in [0.3, 0.4) is 0 Å². The van der Waals surface area contributed by atoms with Crippen molar-refractivity contribution in [2.75, 3.05) is 25.9 Å². The summed E-state index contributed by atoms with van der Waals surface area (Å²) in [6.45, 7) is 3.39. The summed E-state index contributed by atoms with van der Waals surface area (Å²) in [6, 6.07) is 0.170. The Kier molecular flexibility index (Phi) is 3.30. The zero-order chi connectivity index (χ0) is 12.5. The Morgan fingerprint density at radius 2 is 2.44 bits per heavy atom. The molecule has 5 nitrogen and oxygen atoms in total. The molecule has 2 aliphatic rings. The number of piperidine rings is 1. The molecule has 2 bridgehead atoms. The van der Waals surface area contributed by atoms with E-state index in [-0.39, 0.29) is 12.1 Å². The Balaban J connectivity index is 1.60. The fraction of sp³-hybridized carbons (Fsp3) is 0.667. The zero-order valence-corrected chi connectivity index (χ0v) is 11.3. The van der Waals surface area contributed by atoms with Gasteiger partial charge in [-0.3, -0.25) is 0 Å². The van der Waals surface area contributed by atoms with Gasteiger partial charge in [0.05, 0.1) is 6.20 Å². The third-order valence-corrected chi connectivity index (χ3v) is 4.48. The molecule has 6 heteroatoms. The van der Waals surface area contributed by atoms with Crippen LogP contribution in [0.15, 0.2) is 17.3 Å². The van der Waals surface area contributed by atoms with Crippen LogP contribution in [0.4, 0.5) is 4.79 Å². The van der Waals surface area contributed by atoms with Crippen LogP contribution in [0.1, 0.15) is 12.8 Å². The van der Waals surface area contributed by atoms with Gasteiger partial charge >= 0.3 is 6.03 Å². The summed E-state index contributed by atoms with van der Waals surface area (Å²) in [5.74, 6) is 0.767. The molecule has 0 aromatic carbocycles. The molecule has 0 saturated carbocycles. The quantitative estimate of drug-likeness (QED) is 0.819.